The van der Waals surface area contributed by atoms with Crippen molar-refractivity contribution in [3.05, 3.63) is 0 Å². The standard InChI is InChI=1S/C21H29BrO3Si/c1-19(13-22)16(23)6-5-15-18(19)25-20(9-10-26(2,3)4)12-14-7-8-21(15,20)17(24)11-14/h14-15,18H,5-8,11-13H2,1-4H3. The van der Waals surface area contributed by atoms with Crippen molar-refractivity contribution in [2.24, 2.45) is 22.7 Å². The van der Waals surface area contributed by atoms with Gasteiger partial charge in [0.25, 0.3) is 0 Å². The fourth-order valence-corrected chi connectivity index (χ4v) is 7.25. The molecule has 3 nitrogen and oxygen atoms in total. The van der Waals surface area contributed by atoms with Gasteiger partial charge in [-0.05, 0) is 38.5 Å². The molecule has 5 heteroatoms. The van der Waals surface area contributed by atoms with Crippen LogP contribution in [0.25, 0.3) is 0 Å². The molecule has 0 aromatic rings. The normalized spacial score (nSPS) is 47.2. The average Bonchev–Trinajstić information content (AvgIpc) is 2.88. The van der Waals surface area contributed by atoms with Gasteiger partial charge in [-0.15, -0.1) is 5.54 Å². The van der Waals surface area contributed by atoms with Crippen molar-refractivity contribution >= 4 is 35.6 Å². The van der Waals surface area contributed by atoms with E-state index < -0.39 is 24.5 Å². The second-order valence-corrected chi connectivity index (χ2v) is 15.5. The highest BCUT2D eigenvalue weighted by Gasteiger charge is 2.75. The molecule has 142 valence electrons. The van der Waals surface area contributed by atoms with Crippen LogP contribution in [0.4, 0.5) is 0 Å². The first-order chi connectivity index (χ1) is 12.1. The number of fused-ring (bicyclic) bond motifs is 3. The monoisotopic (exact) mass is 436 g/mol. The van der Waals surface area contributed by atoms with E-state index in [1.54, 1.807) is 0 Å². The summed E-state index contributed by atoms with van der Waals surface area (Å²) >= 11 is 3.58. The second-order valence-electron chi connectivity index (χ2n) is 10.2. The van der Waals surface area contributed by atoms with E-state index in [0.29, 0.717) is 29.9 Å². The topological polar surface area (TPSA) is 43.4 Å². The molecule has 0 aromatic carbocycles. The fraction of sp³-hybridized carbons (Fsp3) is 0.810. The molecule has 1 spiro atoms. The number of hydrogen-bond donors (Lipinski definition) is 0. The molecule has 0 amide bonds. The van der Waals surface area contributed by atoms with Gasteiger partial charge in [0.1, 0.15) is 25.2 Å². The van der Waals surface area contributed by atoms with Gasteiger partial charge in [-0.2, -0.15) is 0 Å². The summed E-state index contributed by atoms with van der Waals surface area (Å²) in [4.78, 5) is 26.2. The number of halogens is 1. The zero-order valence-corrected chi connectivity index (χ0v) is 18.9. The lowest BCUT2D eigenvalue weighted by atomic mass is 9.46. The van der Waals surface area contributed by atoms with E-state index in [2.05, 4.69) is 47.0 Å². The van der Waals surface area contributed by atoms with Crippen LogP contribution in [-0.2, 0) is 14.3 Å². The molecule has 5 fully saturated rings. The van der Waals surface area contributed by atoms with Gasteiger partial charge < -0.3 is 4.74 Å². The van der Waals surface area contributed by atoms with Crippen LogP contribution in [0.15, 0.2) is 0 Å². The van der Waals surface area contributed by atoms with Gasteiger partial charge in [0.2, 0.25) is 0 Å². The van der Waals surface area contributed by atoms with Crippen LogP contribution in [0, 0.1) is 34.1 Å². The van der Waals surface area contributed by atoms with Crippen molar-refractivity contribution in [2.75, 3.05) is 5.33 Å². The molecular weight excluding hydrogens is 408 g/mol. The summed E-state index contributed by atoms with van der Waals surface area (Å²) in [7, 11) is -1.59. The summed E-state index contributed by atoms with van der Waals surface area (Å²) < 4.78 is 6.80. The Kier molecular flexibility index (Phi) is 4.20. The molecule has 6 atom stereocenters. The highest BCUT2D eigenvalue weighted by atomic mass is 79.9. The van der Waals surface area contributed by atoms with Crippen molar-refractivity contribution in [1.82, 2.24) is 0 Å². The third-order valence-electron chi connectivity index (χ3n) is 7.41. The first-order valence-corrected chi connectivity index (χ1v) is 14.5. The first-order valence-electron chi connectivity index (χ1n) is 9.93. The molecule has 5 rings (SSSR count). The Balaban J connectivity index is 1.88. The van der Waals surface area contributed by atoms with Gasteiger partial charge >= 0.3 is 0 Å². The number of carbonyl (C=O) groups is 2. The predicted molar refractivity (Wildman–Crippen MR) is 108 cm³/mol. The van der Waals surface area contributed by atoms with Crippen molar-refractivity contribution in [1.29, 1.82) is 0 Å². The van der Waals surface area contributed by atoms with Crippen LogP contribution in [-0.4, -0.2) is 36.7 Å². The predicted octanol–water partition coefficient (Wildman–Crippen LogP) is 4.14. The highest BCUT2D eigenvalue weighted by Crippen LogP contribution is 2.68. The lowest BCUT2D eigenvalue weighted by Crippen LogP contribution is -2.61. The maximum atomic E-state index is 13.4. The Hall–Kier alpha value is -0.443. The van der Waals surface area contributed by atoms with Crippen LogP contribution in [0.2, 0.25) is 19.6 Å². The molecule has 1 heterocycles. The van der Waals surface area contributed by atoms with Gasteiger partial charge in [0, 0.05) is 24.1 Å². The number of Topliss-reactive ketones (excluding diaryl/α,β-unsaturated/α-hetero) is 2. The Labute approximate surface area is 166 Å². The smallest absolute Gasteiger partial charge is 0.143 e. The van der Waals surface area contributed by atoms with Gasteiger partial charge in [0.05, 0.1) is 16.9 Å². The van der Waals surface area contributed by atoms with Crippen molar-refractivity contribution in [3.8, 4) is 11.5 Å². The lowest BCUT2D eigenvalue weighted by molar-refractivity contribution is -0.160. The molecule has 0 aromatic heterocycles. The van der Waals surface area contributed by atoms with Gasteiger partial charge in [-0.25, -0.2) is 0 Å². The third kappa shape index (κ3) is 2.34. The largest absolute Gasteiger partial charge is 0.357 e. The van der Waals surface area contributed by atoms with Crippen LogP contribution >= 0.6 is 15.9 Å². The van der Waals surface area contributed by atoms with Gasteiger partial charge in [-0.3, -0.25) is 9.59 Å². The summed E-state index contributed by atoms with van der Waals surface area (Å²) in [6.07, 6.45) is 4.69. The van der Waals surface area contributed by atoms with Crippen LogP contribution in [0.5, 0.6) is 0 Å². The molecule has 1 aliphatic heterocycles. The summed E-state index contributed by atoms with van der Waals surface area (Å²) in [5.74, 6) is 4.72. The quantitative estimate of drug-likeness (QED) is 0.352. The zero-order valence-electron chi connectivity index (χ0n) is 16.3. The molecule has 26 heavy (non-hydrogen) atoms. The maximum absolute atomic E-state index is 13.4. The van der Waals surface area contributed by atoms with E-state index in [-0.39, 0.29) is 17.8 Å². The molecule has 5 aliphatic rings. The average molecular weight is 437 g/mol. The Bertz CT molecular complexity index is 732. The van der Waals surface area contributed by atoms with Crippen molar-refractivity contribution < 1.29 is 14.3 Å². The van der Waals surface area contributed by atoms with Crippen LogP contribution in [0.3, 0.4) is 0 Å². The molecule has 1 saturated heterocycles. The Morgan fingerprint density at radius 1 is 1.23 bits per heavy atom. The second kappa shape index (κ2) is 5.78. The highest BCUT2D eigenvalue weighted by molar-refractivity contribution is 9.09. The minimum atomic E-state index is -1.59. The number of hydrogen-bond acceptors (Lipinski definition) is 3. The summed E-state index contributed by atoms with van der Waals surface area (Å²) in [5, 5.41) is 0.589. The van der Waals surface area contributed by atoms with Crippen LogP contribution in [0.1, 0.15) is 45.4 Å². The lowest BCUT2D eigenvalue weighted by Gasteiger charge is -2.54. The Morgan fingerprint density at radius 2 is 1.96 bits per heavy atom. The van der Waals surface area contributed by atoms with Crippen molar-refractivity contribution in [3.63, 3.8) is 0 Å². The zero-order chi connectivity index (χ0) is 19.0. The SMILES string of the molecule is CC1(CBr)C(=O)CCC2C1OC1(C#C[Si](C)(C)C)CC3CCC21C(=O)C3. The molecule has 6 unspecified atom stereocenters. The first kappa shape index (κ1) is 18.9. The molecule has 2 bridgehead atoms. The number of ether oxygens (including phenoxy) is 1. The molecule has 4 aliphatic carbocycles. The van der Waals surface area contributed by atoms with Crippen molar-refractivity contribution in [2.45, 2.75) is 76.8 Å². The number of rotatable bonds is 1. The Morgan fingerprint density at radius 3 is 2.58 bits per heavy atom. The molecular formula is C21H29BrO3Si. The number of ketones is 2. The van der Waals surface area contributed by atoms with E-state index in [1.807, 2.05) is 6.92 Å². The molecule has 4 saturated carbocycles. The third-order valence-corrected chi connectivity index (χ3v) is 9.45. The van der Waals surface area contributed by atoms with Crippen LogP contribution < -0.4 is 0 Å². The van der Waals surface area contributed by atoms with E-state index in [4.69, 9.17) is 4.74 Å². The van der Waals surface area contributed by atoms with Gasteiger partial charge in [0.15, 0.2) is 0 Å². The van der Waals surface area contributed by atoms with Gasteiger partial charge in [-0.1, -0.05) is 41.5 Å². The van der Waals surface area contributed by atoms with E-state index in [1.165, 1.54) is 0 Å². The summed E-state index contributed by atoms with van der Waals surface area (Å²) in [5.41, 5.74) is 1.84. The van der Waals surface area contributed by atoms with E-state index in [9.17, 15) is 9.59 Å². The molecule has 0 radical (unpaired) electrons. The summed E-state index contributed by atoms with van der Waals surface area (Å²) in [6.45, 7) is 8.73. The minimum Gasteiger partial charge on any atom is -0.357 e. The minimum absolute atomic E-state index is 0.132. The maximum Gasteiger partial charge on any atom is 0.143 e. The molecule has 0 N–H and O–H groups in total. The van der Waals surface area contributed by atoms with E-state index in [0.717, 1.165) is 25.7 Å². The van der Waals surface area contributed by atoms with E-state index >= 15 is 0 Å². The number of carbonyl (C=O) groups excluding carboxylic acids is 2. The fourth-order valence-electron chi connectivity index (χ4n) is 6.04. The number of alkyl halides is 1. The summed E-state index contributed by atoms with van der Waals surface area (Å²) in [6, 6.07) is 0.